The van der Waals surface area contributed by atoms with Gasteiger partial charge in [-0.05, 0) is 6.92 Å². The van der Waals surface area contributed by atoms with Gasteiger partial charge in [0.05, 0.1) is 11.7 Å². The van der Waals surface area contributed by atoms with Crippen LogP contribution in [0.15, 0.2) is 12.4 Å². The lowest BCUT2D eigenvalue weighted by Crippen LogP contribution is -2.51. The number of anilines is 1. The fourth-order valence-corrected chi connectivity index (χ4v) is 1.13. The van der Waals surface area contributed by atoms with E-state index in [9.17, 15) is 0 Å². The van der Waals surface area contributed by atoms with Crippen LogP contribution in [0.2, 0.25) is 0 Å². The number of rotatable bonds is 2. The van der Waals surface area contributed by atoms with Crippen molar-refractivity contribution < 1.29 is 0 Å². The molecule has 0 spiro atoms. The number of aryl methyl sites for hydroxylation is 1. The molecule has 0 atom stereocenters. The zero-order valence-electron chi connectivity index (χ0n) is 7.04. The van der Waals surface area contributed by atoms with Crippen molar-refractivity contribution in [1.29, 1.82) is 0 Å². The maximum absolute atomic E-state index is 4.20. The summed E-state index contributed by atoms with van der Waals surface area (Å²) in [6, 6.07) is 0.528. The Kier molecular flexibility index (Phi) is 1.91. The molecule has 1 aliphatic rings. The number of nitrogens with zero attached hydrogens (tertiary/aromatic N) is 2. The lowest BCUT2D eigenvalue weighted by atomic mass is 10.2. The fourth-order valence-electron chi connectivity index (χ4n) is 1.13. The lowest BCUT2D eigenvalue weighted by Gasteiger charge is -2.28. The number of nitrogens with one attached hydrogen (secondary N) is 2. The first-order chi connectivity index (χ1) is 5.86. The van der Waals surface area contributed by atoms with E-state index in [2.05, 4.69) is 20.6 Å². The van der Waals surface area contributed by atoms with E-state index < -0.39 is 0 Å². The molecule has 1 aromatic rings. The van der Waals surface area contributed by atoms with E-state index in [1.807, 2.05) is 6.92 Å². The Labute approximate surface area is 71.4 Å². The van der Waals surface area contributed by atoms with Crippen LogP contribution < -0.4 is 10.6 Å². The second kappa shape index (κ2) is 3.06. The van der Waals surface area contributed by atoms with E-state index in [0.29, 0.717) is 6.04 Å². The van der Waals surface area contributed by atoms with Gasteiger partial charge < -0.3 is 10.6 Å². The van der Waals surface area contributed by atoms with Crippen molar-refractivity contribution in [3.63, 3.8) is 0 Å². The highest BCUT2D eigenvalue weighted by atomic mass is 15.1. The Hall–Kier alpha value is -1.16. The zero-order valence-corrected chi connectivity index (χ0v) is 7.04. The smallest absolute Gasteiger partial charge is 0.147 e. The summed E-state index contributed by atoms with van der Waals surface area (Å²) in [5.41, 5.74) is 0.962. The summed E-state index contributed by atoms with van der Waals surface area (Å²) in [4.78, 5) is 8.34. The minimum absolute atomic E-state index is 0.528. The van der Waals surface area contributed by atoms with Gasteiger partial charge in [-0.25, -0.2) is 4.98 Å². The molecule has 2 heterocycles. The van der Waals surface area contributed by atoms with Crippen LogP contribution in [-0.2, 0) is 0 Å². The Morgan fingerprint density at radius 3 is 2.75 bits per heavy atom. The molecule has 4 heteroatoms. The van der Waals surface area contributed by atoms with E-state index >= 15 is 0 Å². The zero-order chi connectivity index (χ0) is 8.39. The fraction of sp³-hybridized carbons (Fsp3) is 0.500. The first kappa shape index (κ1) is 7.49. The molecule has 0 aliphatic carbocycles. The largest absolute Gasteiger partial charge is 0.363 e. The standard InChI is InChI=1S/C8H12N4/c1-6-8(11-3-2-10-6)12-7-4-9-5-7/h2-3,7,9H,4-5H2,1H3,(H,11,12). The number of hydrogen-bond acceptors (Lipinski definition) is 4. The average Bonchev–Trinajstić information content (AvgIpc) is 2.00. The van der Waals surface area contributed by atoms with Crippen molar-refractivity contribution in [3.8, 4) is 0 Å². The van der Waals surface area contributed by atoms with Gasteiger partial charge in [0.1, 0.15) is 5.82 Å². The van der Waals surface area contributed by atoms with Gasteiger partial charge in [-0.15, -0.1) is 0 Å². The molecule has 0 amide bonds. The molecule has 0 aromatic carbocycles. The molecule has 0 saturated carbocycles. The van der Waals surface area contributed by atoms with Crippen molar-refractivity contribution in [3.05, 3.63) is 18.1 Å². The van der Waals surface area contributed by atoms with Gasteiger partial charge in [-0.1, -0.05) is 0 Å². The summed E-state index contributed by atoms with van der Waals surface area (Å²) in [7, 11) is 0. The van der Waals surface area contributed by atoms with Crippen LogP contribution in [0.4, 0.5) is 5.82 Å². The third-order valence-electron chi connectivity index (χ3n) is 2.00. The molecule has 0 unspecified atom stereocenters. The molecule has 2 rings (SSSR count). The predicted molar refractivity (Wildman–Crippen MR) is 47.0 cm³/mol. The summed E-state index contributed by atoms with van der Waals surface area (Å²) in [5.74, 6) is 0.906. The molecule has 0 bridgehead atoms. The second-order valence-corrected chi connectivity index (χ2v) is 2.99. The Morgan fingerprint density at radius 1 is 1.42 bits per heavy atom. The van der Waals surface area contributed by atoms with E-state index in [-0.39, 0.29) is 0 Å². The summed E-state index contributed by atoms with van der Waals surface area (Å²) in [6.07, 6.45) is 3.42. The predicted octanol–water partition coefficient (Wildman–Crippen LogP) is 0.169. The lowest BCUT2D eigenvalue weighted by molar-refractivity contribution is 0.470. The van der Waals surface area contributed by atoms with Crippen molar-refractivity contribution in [1.82, 2.24) is 15.3 Å². The highest BCUT2D eigenvalue weighted by Gasteiger charge is 2.17. The van der Waals surface area contributed by atoms with Crippen molar-refractivity contribution in [2.24, 2.45) is 0 Å². The molecule has 1 aromatic heterocycles. The monoisotopic (exact) mass is 164 g/mol. The van der Waals surface area contributed by atoms with Gasteiger partial charge in [-0.2, -0.15) is 0 Å². The minimum atomic E-state index is 0.528. The molecule has 2 N–H and O–H groups in total. The molecular weight excluding hydrogens is 152 g/mol. The Balaban J connectivity index is 2.06. The van der Waals surface area contributed by atoms with Crippen LogP contribution in [0, 0.1) is 6.92 Å². The quantitative estimate of drug-likeness (QED) is 0.654. The van der Waals surface area contributed by atoms with Gasteiger partial charge in [0.25, 0.3) is 0 Å². The van der Waals surface area contributed by atoms with Gasteiger partial charge in [0.15, 0.2) is 0 Å². The SMILES string of the molecule is Cc1nccnc1NC1CNC1. The van der Waals surface area contributed by atoms with Gasteiger partial charge >= 0.3 is 0 Å². The van der Waals surface area contributed by atoms with Crippen LogP contribution in [0.25, 0.3) is 0 Å². The van der Waals surface area contributed by atoms with Crippen molar-refractivity contribution in [2.45, 2.75) is 13.0 Å². The molecule has 1 aliphatic heterocycles. The van der Waals surface area contributed by atoms with Crippen molar-refractivity contribution in [2.75, 3.05) is 18.4 Å². The molecule has 1 fully saturated rings. The first-order valence-electron chi connectivity index (χ1n) is 4.11. The van der Waals surface area contributed by atoms with E-state index in [0.717, 1.165) is 24.6 Å². The summed E-state index contributed by atoms with van der Waals surface area (Å²) < 4.78 is 0. The normalized spacial score (nSPS) is 17.1. The molecule has 64 valence electrons. The molecule has 4 nitrogen and oxygen atoms in total. The maximum atomic E-state index is 4.20. The summed E-state index contributed by atoms with van der Waals surface area (Å²) in [6.45, 7) is 4.01. The van der Waals surface area contributed by atoms with E-state index in [1.54, 1.807) is 12.4 Å². The van der Waals surface area contributed by atoms with Gasteiger partial charge in [0.2, 0.25) is 0 Å². The molecular formula is C8H12N4. The Bertz CT molecular complexity index is 270. The van der Waals surface area contributed by atoms with Crippen LogP contribution >= 0.6 is 0 Å². The third-order valence-corrected chi connectivity index (χ3v) is 2.00. The first-order valence-corrected chi connectivity index (χ1v) is 4.11. The average molecular weight is 164 g/mol. The number of aromatic nitrogens is 2. The van der Waals surface area contributed by atoms with Crippen molar-refractivity contribution >= 4 is 5.82 Å². The van der Waals surface area contributed by atoms with Crippen LogP contribution in [0.1, 0.15) is 5.69 Å². The van der Waals surface area contributed by atoms with Gasteiger partial charge in [-0.3, -0.25) is 4.98 Å². The Morgan fingerprint density at radius 2 is 2.17 bits per heavy atom. The molecule has 0 radical (unpaired) electrons. The van der Waals surface area contributed by atoms with Crippen LogP contribution in [0.3, 0.4) is 0 Å². The molecule has 12 heavy (non-hydrogen) atoms. The topological polar surface area (TPSA) is 49.8 Å². The minimum Gasteiger partial charge on any atom is -0.363 e. The highest BCUT2D eigenvalue weighted by Crippen LogP contribution is 2.09. The number of hydrogen-bond donors (Lipinski definition) is 2. The molecule has 1 saturated heterocycles. The summed E-state index contributed by atoms with van der Waals surface area (Å²) in [5, 5.41) is 6.50. The van der Waals surface area contributed by atoms with E-state index in [1.165, 1.54) is 0 Å². The highest BCUT2D eigenvalue weighted by molar-refractivity contribution is 5.40. The van der Waals surface area contributed by atoms with Crippen LogP contribution in [-0.4, -0.2) is 29.1 Å². The second-order valence-electron chi connectivity index (χ2n) is 2.99. The maximum Gasteiger partial charge on any atom is 0.147 e. The third kappa shape index (κ3) is 1.38. The summed E-state index contributed by atoms with van der Waals surface area (Å²) >= 11 is 0. The van der Waals surface area contributed by atoms with E-state index in [4.69, 9.17) is 0 Å². The van der Waals surface area contributed by atoms with Gasteiger partial charge in [0, 0.05) is 25.5 Å². The van der Waals surface area contributed by atoms with Crippen LogP contribution in [0.5, 0.6) is 0 Å².